The lowest BCUT2D eigenvalue weighted by molar-refractivity contribution is -0.159. The SMILES string of the molecule is O=C(O)[C@H]1CN(C(=O)COc2ccc(Cl)cc2Cl)CCO1. The monoisotopic (exact) mass is 333 g/mol. The fraction of sp³-hybridized carbons (Fsp3) is 0.385. The van der Waals surface area contributed by atoms with Gasteiger partial charge in [0.1, 0.15) is 5.75 Å². The van der Waals surface area contributed by atoms with Crippen LogP contribution in [0, 0.1) is 0 Å². The summed E-state index contributed by atoms with van der Waals surface area (Å²) in [6, 6.07) is 4.68. The Morgan fingerprint density at radius 3 is 2.86 bits per heavy atom. The first kappa shape index (κ1) is 15.9. The lowest BCUT2D eigenvalue weighted by Gasteiger charge is -2.30. The Morgan fingerprint density at radius 2 is 2.19 bits per heavy atom. The van der Waals surface area contributed by atoms with Gasteiger partial charge in [0, 0.05) is 11.6 Å². The van der Waals surface area contributed by atoms with Crippen molar-refractivity contribution in [1.29, 1.82) is 0 Å². The van der Waals surface area contributed by atoms with E-state index in [-0.39, 0.29) is 25.7 Å². The van der Waals surface area contributed by atoms with E-state index >= 15 is 0 Å². The van der Waals surface area contributed by atoms with Crippen molar-refractivity contribution in [3.8, 4) is 5.75 Å². The normalized spacial score (nSPS) is 18.4. The van der Waals surface area contributed by atoms with Gasteiger partial charge in [0.2, 0.25) is 0 Å². The van der Waals surface area contributed by atoms with Gasteiger partial charge in [0.05, 0.1) is 18.2 Å². The number of carboxylic acid groups (broad SMARTS) is 1. The smallest absolute Gasteiger partial charge is 0.334 e. The fourth-order valence-electron chi connectivity index (χ4n) is 1.85. The predicted molar refractivity (Wildman–Crippen MR) is 75.9 cm³/mol. The van der Waals surface area contributed by atoms with Crippen molar-refractivity contribution >= 4 is 35.1 Å². The number of nitrogens with zero attached hydrogens (tertiary/aromatic N) is 1. The minimum atomic E-state index is -1.09. The Balaban J connectivity index is 1.90. The summed E-state index contributed by atoms with van der Waals surface area (Å²) < 4.78 is 10.4. The van der Waals surface area contributed by atoms with E-state index in [0.29, 0.717) is 22.3 Å². The van der Waals surface area contributed by atoms with Crippen molar-refractivity contribution in [2.24, 2.45) is 0 Å². The van der Waals surface area contributed by atoms with Crippen LogP contribution in [-0.4, -0.2) is 54.3 Å². The zero-order chi connectivity index (χ0) is 15.4. The number of halogens is 2. The summed E-state index contributed by atoms with van der Waals surface area (Å²) in [5.41, 5.74) is 0. The average molecular weight is 334 g/mol. The maximum absolute atomic E-state index is 12.0. The van der Waals surface area contributed by atoms with Crippen molar-refractivity contribution in [2.45, 2.75) is 6.10 Å². The van der Waals surface area contributed by atoms with E-state index in [1.165, 1.54) is 11.0 Å². The minimum Gasteiger partial charge on any atom is -0.482 e. The molecule has 1 N–H and O–H groups in total. The number of carbonyl (C=O) groups is 2. The van der Waals surface area contributed by atoms with Crippen LogP contribution in [0.15, 0.2) is 18.2 Å². The third-order valence-electron chi connectivity index (χ3n) is 2.94. The first-order valence-corrected chi connectivity index (χ1v) is 6.93. The minimum absolute atomic E-state index is 0.00583. The van der Waals surface area contributed by atoms with Gasteiger partial charge in [-0.05, 0) is 18.2 Å². The lowest BCUT2D eigenvalue weighted by Crippen LogP contribution is -2.49. The Morgan fingerprint density at radius 1 is 1.43 bits per heavy atom. The van der Waals surface area contributed by atoms with Gasteiger partial charge in [-0.3, -0.25) is 4.79 Å². The molecule has 0 bridgehead atoms. The van der Waals surface area contributed by atoms with Crippen LogP contribution in [0.4, 0.5) is 0 Å². The number of hydrogen-bond donors (Lipinski definition) is 1. The molecule has 0 radical (unpaired) electrons. The molecule has 1 aromatic rings. The van der Waals surface area contributed by atoms with Crippen LogP contribution in [0.3, 0.4) is 0 Å². The maximum atomic E-state index is 12.0. The second kappa shape index (κ2) is 6.98. The molecule has 21 heavy (non-hydrogen) atoms. The first-order valence-electron chi connectivity index (χ1n) is 6.17. The highest BCUT2D eigenvalue weighted by Crippen LogP contribution is 2.27. The molecular weight excluding hydrogens is 321 g/mol. The van der Waals surface area contributed by atoms with Gasteiger partial charge in [-0.1, -0.05) is 23.2 Å². The molecule has 8 heteroatoms. The van der Waals surface area contributed by atoms with E-state index in [9.17, 15) is 9.59 Å². The molecule has 1 aliphatic heterocycles. The summed E-state index contributed by atoms with van der Waals surface area (Å²) in [5, 5.41) is 9.66. The highest BCUT2D eigenvalue weighted by atomic mass is 35.5. The molecule has 2 rings (SSSR count). The molecule has 0 saturated carbocycles. The number of amides is 1. The Kier molecular flexibility index (Phi) is 5.27. The van der Waals surface area contributed by atoms with Crippen LogP contribution in [0.2, 0.25) is 10.0 Å². The van der Waals surface area contributed by atoms with Crippen molar-refractivity contribution in [3.63, 3.8) is 0 Å². The quantitative estimate of drug-likeness (QED) is 0.907. The molecule has 1 fully saturated rings. The van der Waals surface area contributed by atoms with E-state index in [1.54, 1.807) is 12.1 Å². The highest BCUT2D eigenvalue weighted by molar-refractivity contribution is 6.35. The molecule has 1 saturated heterocycles. The second-order valence-corrected chi connectivity index (χ2v) is 5.24. The van der Waals surface area contributed by atoms with Crippen LogP contribution < -0.4 is 4.74 Å². The molecular formula is C13H13Cl2NO5. The third kappa shape index (κ3) is 4.23. The van der Waals surface area contributed by atoms with Gasteiger partial charge >= 0.3 is 5.97 Å². The number of morpholine rings is 1. The van der Waals surface area contributed by atoms with Crippen molar-refractivity contribution in [1.82, 2.24) is 4.90 Å². The molecule has 1 aliphatic rings. The van der Waals surface area contributed by atoms with E-state index in [4.69, 9.17) is 37.8 Å². The van der Waals surface area contributed by atoms with Crippen LogP contribution in [0.1, 0.15) is 0 Å². The summed E-state index contributed by atoms with van der Waals surface area (Å²) in [7, 11) is 0. The highest BCUT2D eigenvalue weighted by Gasteiger charge is 2.29. The molecule has 1 atom stereocenters. The topological polar surface area (TPSA) is 76.1 Å². The maximum Gasteiger partial charge on any atom is 0.334 e. The van der Waals surface area contributed by atoms with E-state index < -0.39 is 12.1 Å². The summed E-state index contributed by atoms with van der Waals surface area (Å²) >= 11 is 11.7. The molecule has 6 nitrogen and oxygen atoms in total. The standard InChI is InChI=1S/C13H13Cl2NO5/c14-8-1-2-10(9(15)5-8)21-7-12(17)16-3-4-20-11(6-16)13(18)19/h1-2,5,11H,3-4,6-7H2,(H,18,19)/t11-/m1/s1. The molecule has 0 aliphatic carbocycles. The Hall–Kier alpha value is -1.50. The number of benzene rings is 1. The van der Waals surface area contributed by atoms with E-state index in [2.05, 4.69) is 0 Å². The van der Waals surface area contributed by atoms with Crippen LogP contribution in [0.25, 0.3) is 0 Å². The molecule has 0 unspecified atom stereocenters. The molecule has 1 amide bonds. The largest absolute Gasteiger partial charge is 0.482 e. The zero-order valence-electron chi connectivity index (χ0n) is 10.9. The molecule has 1 heterocycles. The molecule has 0 aromatic heterocycles. The van der Waals surface area contributed by atoms with Crippen LogP contribution >= 0.6 is 23.2 Å². The van der Waals surface area contributed by atoms with Gasteiger partial charge in [0.25, 0.3) is 5.91 Å². The van der Waals surface area contributed by atoms with Gasteiger partial charge in [-0.25, -0.2) is 4.79 Å². The molecule has 114 valence electrons. The average Bonchev–Trinajstić information content (AvgIpc) is 2.46. The Labute approximate surface area is 131 Å². The predicted octanol–water partition coefficient (Wildman–Crippen LogP) is 1.68. The summed E-state index contributed by atoms with van der Waals surface area (Å²) in [6.07, 6.45) is -0.998. The fourth-order valence-corrected chi connectivity index (χ4v) is 2.31. The van der Waals surface area contributed by atoms with Crippen LogP contribution in [0.5, 0.6) is 5.75 Å². The van der Waals surface area contributed by atoms with E-state index in [0.717, 1.165) is 0 Å². The third-order valence-corrected chi connectivity index (χ3v) is 3.47. The number of rotatable bonds is 4. The number of aliphatic carboxylic acids is 1. The van der Waals surface area contributed by atoms with Gasteiger partial charge in [-0.15, -0.1) is 0 Å². The second-order valence-electron chi connectivity index (χ2n) is 4.40. The molecule has 1 aromatic carbocycles. The van der Waals surface area contributed by atoms with Crippen molar-refractivity contribution < 1.29 is 24.2 Å². The van der Waals surface area contributed by atoms with Gasteiger partial charge < -0.3 is 19.5 Å². The summed E-state index contributed by atoms with van der Waals surface area (Å²) in [6.45, 7) is 0.296. The van der Waals surface area contributed by atoms with Gasteiger partial charge in [-0.2, -0.15) is 0 Å². The van der Waals surface area contributed by atoms with Gasteiger partial charge in [0.15, 0.2) is 12.7 Å². The van der Waals surface area contributed by atoms with Crippen molar-refractivity contribution in [2.75, 3.05) is 26.3 Å². The first-order chi connectivity index (χ1) is 9.97. The van der Waals surface area contributed by atoms with E-state index in [1.807, 2.05) is 0 Å². The number of carboxylic acids is 1. The summed E-state index contributed by atoms with van der Waals surface area (Å²) in [5.74, 6) is -1.07. The van der Waals surface area contributed by atoms with Crippen molar-refractivity contribution in [3.05, 3.63) is 28.2 Å². The number of ether oxygens (including phenoxy) is 2. The molecule has 0 spiro atoms. The summed E-state index contributed by atoms with van der Waals surface area (Å²) in [4.78, 5) is 24.3. The Bertz CT molecular complexity index is 551. The number of carbonyl (C=O) groups excluding carboxylic acids is 1. The lowest BCUT2D eigenvalue weighted by atomic mass is 10.2. The zero-order valence-corrected chi connectivity index (χ0v) is 12.4. The number of hydrogen-bond acceptors (Lipinski definition) is 4. The van der Waals surface area contributed by atoms with Crippen LogP contribution in [-0.2, 0) is 14.3 Å².